The molecule has 21 heavy (non-hydrogen) atoms. The number of rotatable bonds is 4. The summed E-state index contributed by atoms with van der Waals surface area (Å²) in [7, 11) is 0. The van der Waals surface area contributed by atoms with Gasteiger partial charge in [0.25, 0.3) is 0 Å². The summed E-state index contributed by atoms with van der Waals surface area (Å²) in [4.78, 5) is 11.8. The van der Waals surface area contributed by atoms with Crippen LogP contribution in [-0.4, -0.2) is 52.2 Å². The van der Waals surface area contributed by atoms with Crippen LogP contribution in [0.5, 0.6) is 0 Å². The number of hydrogen-bond donors (Lipinski definition) is 4. The van der Waals surface area contributed by atoms with E-state index in [1.54, 1.807) is 40.7 Å². The smallest absolute Gasteiger partial charge is 0.225 e. The lowest BCUT2D eigenvalue weighted by atomic mass is 9.89. The molecule has 6 nitrogen and oxygen atoms in total. The molecule has 1 rings (SSSR count). The fourth-order valence-corrected chi connectivity index (χ4v) is 2.13. The van der Waals surface area contributed by atoms with Crippen LogP contribution in [0.15, 0.2) is 11.8 Å². The Kier molecular flexibility index (Phi) is 5.78. The van der Waals surface area contributed by atoms with Gasteiger partial charge in [0.15, 0.2) is 0 Å². The highest BCUT2D eigenvalue weighted by Crippen LogP contribution is 2.26. The van der Waals surface area contributed by atoms with Crippen molar-refractivity contribution in [3.63, 3.8) is 0 Å². The highest BCUT2D eigenvalue weighted by Gasteiger charge is 2.38. The highest BCUT2D eigenvalue weighted by molar-refractivity contribution is 5.81. The molecule has 0 radical (unpaired) electrons. The van der Waals surface area contributed by atoms with E-state index in [2.05, 4.69) is 5.32 Å². The van der Waals surface area contributed by atoms with Crippen LogP contribution < -0.4 is 5.32 Å². The number of aliphatic hydroxyl groups excluding tert-OH is 3. The van der Waals surface area contributed by atoms with Gasteiger partial charge in [-0.05, 0) is 13.0 Å². The SMILES string of the molecule is CC1=CC(O)[C@@H](C)C([C@@H](O)[C@@H](O)CNC(=O)C(C)(C)C)O1. The third kappa shape index (κ3) is 4.69. The number of amides is 1. The van der Waals surface area contributed by atoms with Crippen LogP contribution in [0.4, 0.5) is 0 Å². The second kappa shape index (κ2) is 6.77. The minimum absolute atomic E-state index is 0.0668. The summed E-state index contributed by atoms with van der Waals surface area (Å²) >= 11 is 0. The minimum Gasteiger partial charge on any atom is -0.492 e. The summed E-state index contributed by atoms with van der Waals surface area (Å²) in [5, 5.41) is 32.7. The first-order chi connectivity index (χ1) is 9.54. The third-order valence-corrected chi connectivity index (χ3v) is 3.67. The molecule has 4 N–H and O–H groups in total. The van der Waals surface area contributed by atoms with Crippen molar-refractivity contribution < 1.29 is 24.9 Å². The van der Waals surface area contributed by atoms with E-state index in [0.29, 0.717) is 5.76 Å². The monoisotopic (exact) mass is 301 g/mol. The summed E-state index contributed by atoms with van der Waals surface area (Å²) in [5.41, 5.74) is -0.561. The predicted molar refractivity (Wildman–Crippen MR) is 78.3 cm³/mol. The Hall–Kier alpha value is -1.11. The molecule has 1 amide bonds. The molecule has 0 aromatic heterocycles. The molecule has 122 valence electrons. The van der Waals surface area contributed by atoms with Crippen molar-refractivity contribution in [2.75, 3.05) is 6.54 Å². The maximum Gasteiger partial charge on any atom is 0.225 e. The van der Waals surface area contributed by atoms with E-state index < -0.39 is 29.8 Å². The molecule has 5 atom stereocenters. The van der Waals surface area contributed by atoms with Gasteiger partial charge in [-0.2, -0.15) is 0 Å². The Bertz CT molecular complexity index is 401. The summed E-state index contributed by atoms with van der Waals surface area (Å²) in [6.45, 7) is 8.65. The largest absolute Gasteiger partial charge is 0.492 e. The zero-order valence-electron chi connectivity index (χ0n) is 13.3. The van der Waals surface area contributed by atoms with Crippen LogP contribution in [-0.2, 0) is 9.53 Å². The Morgan fingerprint density at radius 1 is 1.43 bits per heavy atom. The lowest BCUT2D eigenvalue weighted by molar-refractivity contribution is -0.132. The van der Waals surface area contributed by atoms with Gasteiger partial charge in [0.05, 0.1) is 11.9 Å². The van der Waals surface area contributed by atoms with Gasteiger partial charge in [0.2, 0.25) is 5.91 Å². The van der Waals surface area contributed by atoms with Crippen LogP contribution in [0.2, 0.25) is 0 Å². The van der Waals surface area contributed by atoms with Crippen LogP contribution in [0, 0.1) is 11.3 Å². The van der Waals surface area contributed by atoms with Crippen molar-refractivity contribution in [3.05, 3.63) is 11.8 Å². The van der Waals surface area contributed by atoms with Crippen LogP contribution in [0.1, 0.15) is 34.6 Å². The first kappa shape index (κ1) is 17.9. The van der Waals surface area contributed by atoms with E-state index in [1.165, 1.54) is 0 Å². The molecular formula is C15H27NO5. The summed E-state index contributed by atoms with van der Waals surface area (Å²) in [6, 6.07) is 0. The zero-order chi connectivity index (χ0) is 16.4. The van der Waals surface area contributed by atoms with Crippen molar-refractivity contribution in [1.29, 1.82) is 0 Å². The van der Waals surface area contributed by atoms with Gasteiger partial charge in [-0.25, -0.2) is 0 Å². The number of aliphatic hydroxyl groups is 3. The molecule has 0 bridgehead atoms. The quantitative estimate of drug-likeness (QED) is 0.593. The molecule has 0 saturated carbocycles. The fourth-order valence-electron chi connectivity index (χ4n) is 2.13. The van der Waals surface area contributed by atoms with Crippen molar-refractivity contribution in [3.8, 4) is 0 Å². The number of carbonyl (C=O) groups excluding carboxylic acids is 1. The molecular weight excluding hydrogens is 274 g/mol. The Morgan fingerprint density at radius 3 is 2.52 bits per heavy atom. The second-order valence-corrected chi connectivity index (χ2v) is 6.73. The summed E-state index contributed by atoms with van der Waals surface area (Å²) < 4.78 is 5.50. The maximum absolute atomic E-state index is 11.8. The lowest BCUT2D eigenvalue weighted by Crippen LogP contribution is -2.51. The van der Waals surface area contributed by atoms with Crippen molar-refractivity contribution >= 4 is 5.91 Å². The number of nitrogens with one attached hydrogen (secondary N) is 1. The van der Waals surface area contributed by atoms with Gasteiger partial charge in [-0.3, -0.25) is 4.79 Å². The average Bonchev–Trinajstić information content (AvgIpc) is 2.37. The second-order valence-electron chi connectivity index (χ2n) is 6.73. The Balaban J connectivity index is 2.60. The molecule has 0 fully saturated rings. The van der Waals surface area contributed by atoms with E-state index in [4.69, 9.17) is 4.74 Å². The molecule has 0 aromatic carbocycles. The number of hydrogen-bond acceptors (Lipinski definition) is 5. The molecule has 1 heterocycles. The zero-order valence-corrected chi connectivity index (χ0v) is 13.3. The normalized spacial score (nSPS) is 29.1. The van der Waals surface area contributed by atoms with Crippen LogP contribution in [0.3, 0.4) is 0 Å². The van der Waals surface area contributed by atoms with Gasteiger partial charge in [0.1, 0.15) is 18.3 Å². The van der Waals surface area contributed by atoms with E-state index in [9.17, 15) is 20.1 Å². The van der Waals surface area contributed by atoms with Crippen molar-refractivity contribution in [2.24, 2.45) is 11.3 Å². The fraction of sp³-hybridized carbons (Fsp3) is 0.800. The van der Waals surface area contributed by atoms with Gasteiger partial charge >= 0.3 is 0 Å². The van der Waals surface area contributed by atoms with Gasteiger partial charge in [0, 0.05) is 17.9 Å². The molecule has 6 heteroatoms. The average molecular weight is 301 g/mol. The van der Waals surface area contributed by atoms with Gasteiger partial charge in [-0.1, -0.05) is 27.7 Å². The molecule has 2 unspecified atom stereocenters. The lowest BCUT2D eigenvalue weighted by Gasteiger charge is -2.37. The third-order valence-electron chi connectivity index (χ3n) is 3.67. The minimum atomic E-state index is -1.20. The number of ether oxygens (including phenoxy) is 1. The van der Waals surface area contributed by atoms with Crippen molar-refractivity contribution in [2.45, 2.75) is 59.0 Å². The molecule has 0 saturated heterocycles. The molecule has 1 aliphatic heterocycles. The number of carbonyl (C=O) groups is 1. The predicted octanol–water partition coefficient (Wildman–Crippen LogP) is 0.170. The van der Waals surface area contributed by atoms with E-state index in [1.807, 2.05) is 0 Å². The molecule has 1 aliphatic rings. The Morgan fingerprint density at radius 2 is 2.00 bits per heavy atom. The van der Waals surface area contributed by atoms with E-state index in [-0.39, 0.29) is 18.4 Å². The molecule has 0 aromatic rings. The molecule has 0 spiro atoms. The maximum atomic E-state index is 11.8. The topological polar surface area (TPSA) is 99.0 Å². The van der Waals surface area contributed by atoms with E-state index in [0.717, 1.165) is 0 Å². The number of allylic oxidation sites excluding steroid dienone is 1. The standard InChI is InChI=1S/C15H27NO5/c1-8-6-10(17)9(2)13(21-8)12(19)11(18)7-16-14(20)15(3,4)5/h6,9-13,17-19H,7H2,1-5H3,(H,16,20)/t9-,10?,11+,12+,13?/m1/s1. The first-order valence-electron chi connectivity index (χ1n) is 7.21. The molecule has 0 aliphatic carbocycles. The first-order valence-corrected chi connectivity index (χ1v) is 7.21. The summed E-state index contributed by atoms with van der Waals surface area (Å²) in [5.74, 6) is -0.0466. The van der Waals surface area contributed by atoms with Crippen LogP contribution in [0.25, 0.3) is 0 Å². The van der Waals surface area contributed by atoms with Gasteiger partial charge < -0.3 is 25.4 Å². The van der Waals surface area contributed by atoms with Gasteiger partial charge in [-0.15, -0.1) is 0 Å². The van der Waals surface area contributed by atoms with Crippen molar-refractivity contribution in [1.82, 2.24) is 5.32 Å². The Labute approximate surface area is 125 Å². The highest BCUT2D eigenvalue weighted by atomic mass is 16.5. The van der Waals surface area contributed by atoms with E-state index >= 15 is 0 Å². The van der Waals surface area contributed by atoms with Crippen LogP contribution >= 0.6 is 0 Å². The summed E-state index contributed by atoms with van der Waals surface area (Å²) in [6.07, 6.45) is -2.23.